The predicted octanol–water partition coefficient (Wildman–Crippen LogP) is 2.79. The second-order valence-corrected chi connectivity index (χ2v) is 4.91. The smallest absolute Gasteiger partial charge is 0.0849 e. The maximum absolute atomic E-state index is 9.95. The maximum Gasteiger partial charge on any atom is 0.0849 e. The third kappa shape index (κ3) is 2.03. The van der Waals surface area contributed by atoms with E-state index in [9.17, 15) is 5.11 Å². The van der Waals surface area contributed by atoms with Crippen molar-refractivity contribution in [3.8, 4) is 0 Å². The number of aliphatic hydroxyl groups is 1. The van der Waals surface area contributed by atoms with Crippen LogP contribution in [0.4, 0.5) is 0 Å². The molecular weight excluding hydrogens is 214 g/mol. The number of nitrogens with zero attached hydrogens (tertiary/aromatic N) is 1. The average molecular weight is 225 g/mol. The van der Waals surface area contributed by atoms with Crippen molar-refractivity contribution in [1.29, 1.82) is 0 Å². The van der Waals surface area contributed by atoms with Crippen molar-refractivity contribution in [3.05, 3.63) is 38.5 Å². The summed E-state index contributed by atoms with van der Waals surface area (Å²) in [4.78, 5) is 5.12. The minimum Gasteiger partial charge on any atom is -0.388 e. The first-order chi connectivity index (χ1) is 6.77. The molecule has 1 atom stereocenters. The van der Waals surface area contributed by atoms with Crippen LogP contribution in [0.15, 0.2) is 22.5 Å². The molecule has 1 unspecified atom stereocenters. The molecule has 0 aliphatic carbocycles. The Morgan fingerprint density at radius 2 is 2.36 bits per heavy atom. The van der Waals surface area contributed by atoms with E-state index < -0.39 is 0 Å². The highest BCUT2D eigenvalue weighted by atomic mass is 32.1. The lowest BCUT2D eigenvalue weighted by Crippen LogP contribution is -2.00. The minimum absolute atomic E-state index is 0.387. The number of hydrogen-bond acceptors (Lipinski definition) is 4. The van der Waals surface area contributed by atoms with Gasteiger partial charge in [-0.25, -0.2) is 0 Å². The molecule has 0 saturated carbocycles. The molecule has 2 heterocycles. The van der Waals surface area contributed by atoms with Gasteiger partial charge < -0.3 is 5.11 Å². The highest BCUT2D eigenvalue weighted by molar-refractivity contribution is 7.09. The summed E-state index contributed by atoms with van der Waals surface area (Å²) in [6.07, 6.45) is 2.10. The molecule has 4 heteroatoms. The highest BCUT2D eigenvalue weighted by Crippen LogP contribution is 2.25. The molecule has 0 saturated heterocycles. The van der Waals surface area contributed by atoms with Crippen molar-refractivity contribution in [2.45, 2.75) is 19.4 Å². The molecule has 0 aromatic carbocycles. The van der Waals surface area contributed by atoms with Gasteiger partial charge in [0.2, 0.25) is 0 Å². The first-order valence-corrected chi connectivity index (χ1v) is 6.17. The monoisotopic (exact) mass is 225 g/mol. The van der Waals surface area contributed by atoms with Crippen LogP contribution < -0.4 is 0 Å². The molecule has 0 spiro atoms. The summed E-state index contributed by atoms with van der Waals surface area (Å²) in [7, 11) is 0. The Morgan fingerprint density at radius 1 is 1.50 bits per heavy atom. The van der Waals surface area contributed by atoms with Gasteiger partial charge in [0.25, 0.3) is 0 Å². The van der Waals surface area contributed by atoms with Gasteiger partial charge in [-0.3, -0.25) is 4.98 Å². The number of aryl methyl sites for hydroxylation is 1. The standard InChI is InChI=1S/C10H11NOS2/c1-7-4-13-5-9(7)10(12)2-8-3-11-6-14-8/h3-6,10,12H,2H2,1H3. The van der Waals surface area contributed by atoms with Gasteiger partial charge in [0.05, 0.1) is 11.6 Å². The third-order valence-electron chi connectivity index (χ3n) is 2.13. The molecular formula is C10H11NOS2. The molecule has 0 amide bonds. The molecule has 2 nitrogen and oxygen atoms in total. The zero-order valence-corrected chi connectivity index (χ0v) is 9.44. The number of hydrogen-bond donors (Lipinski definition) is 1. The van der Waals surface area contributed by atoms with E-state index in [2.05, 4.69) is 10.4 Å². The van der Waals surface area contributed by atoms with Crippen molar-refractivity contribution in [2.24, 2.45) is 0 Å². The van der Waals surface area contributed by atoms with Gasteiger partial charge in [0.15, 0.2) is 0 Å². The lowest BCUT2D eigenvalue weighted by molar-refractivity contribution is 0.179. The van der Waals surface area contributed by atoms with Gasteiger partial charge in [0, 0.05) is 17.5 Å². The summed E-state index contributed by atoms with van der Waals surface area (Å²) in [6.45, 7) is 2.03. The van der Waals surface area contributed by atoms with E-state index in [1.807, 2.05) is 18.5 Å². The molecule has 0 fully saturated rings. The van der Waals surface area contributed by atoms with Crippen molar-refractivity contribution in [2.75, 3.05) is 0 Å². The Labute approximate surface area is 90.9 Å². The second-order valence-electron chi connectivity index (χ2n) is 3.20. The highest BCUT2D eigenvalue weighted by Gasteiger charge is 2.12. The van der Waals surface area contributed by atoms with Gasteiger partial charge in [-0.05, 0) is 28.8 Å². The van der Waals surface area contributed by atoms with Gasteiger partial charge in [0.1, 0.15) is 0 Å². The maximum atomic E-state index is 9.95. The van der Waals surface area contributed by atoms with Gasteiger partial charge in [-0.2, -0.15) is 11.3 Å². The zero-order valence-electron chi connectivity index (χ0n) is 7.80. The molecule has 74 valence electrons. The van der Waals surface area contributed by atoms with Crippen LogP contribution in [-0.2, 0) is 6.42 Å². The van der Waals surface area contributed by atoms with Crippen LogP contribution in [-0.4, -0.2) is 10.1 Å². The predicted molar refractivity (Wildman–Crippen MR) is 59.8 cm³/mol. The molecule has 2 aromatic rings. The van der Waals surface area contributed by atoms with Crippen molar-refractivity contribution in [1.82, 2.24) is 4.98 Å². The van der Waals surface area contributed by atoms with Crippen LogP contribution in [0.5, 0.6) is 0 Å². The van der Waals surface area contributed by atoms with E-state index >= 15 is 0 Å². The Hall–Kier alpha value is -0.710. The van der Waals surface area contributed by atoms with Crippen molar-refractivity contribution < 1.29 is 5.11 Å². The fourth-order valence-corrected chi connectivity index (χ4v) is 2.89. The van der Waals surface area contributed by atoms with Gasteiger partial charge >= 0.3 is 0 Å². The largest absolute Gasteiger partial charge is 0.388 e. The lowest BCUT2D eigenvalue weighted by atomic mass is 10.1. The first-order valence-electron chi connectivity index (χ1n) is 4.35. The Morgan fingerprint density at radius 3 is 2.93 bits per heavy atom. The number of thiazole rings is 1. The van der Waals surface area contributed by atoms with E-state index in [4.69, 9.17) is 0 Å². The van der Waals surface area contributed by atoms with Crippen LogP contribution in [0.2, 0.25) is 0 Å². The van der Waals surface area contributed by atoms with Gasteiger partial charge in [-0.1, -0.05) is 0 Å². The summed E-state index contributed by atoms with van der Waals surface area (Å²) in [5.74, 6) is 0. The topological polar surface area (TPSA) is 33.1 Å². The summed E-state index contributed by atoms with van der Waals surface area (Å²) in [5, 5.41) is 14.0. The molecule has 14 heavy (non-hydrogen) atoms. The Balaban J connectivity index is 2.10. The van der Waals surface area contributed by atoms with Gasteiger partial charge in [-0.15, -0.1) is 11.3 Å². The second kappa shape index (κ2) is 4.21. The molecule has 0 radical (unpaired) electrons. The van der Waals surface area contributed by atoms with E-state index in [1.165, 1.54) is 5.56 Å². The van der Waals surface area contributed by atoms with E-state index in [1.54, 1.807) is 28.2 Å². The van der Waals surface area contributed by atoms with E-state index in [0.717, 1.165) is 10.4 Å². The fraction of sp³-hybridized carbons (Fsp3) is 0.300. The van der Waals surface area contributed by atoms with Crippen LogP contribution in [0.3, 0.4) is 0 Å². The molecule has 0 aliphatic rings. The summed E-state index contributed by atoms with van der Waals surface area (Å²) < 4.78 is 0. The SMILES string of the molecule is Cc1cscc1C(O)Cc1cncs1. The lowest BCUT2D eigenvalue weighted by Gasteiger charge is -2.08. The van der Waals surface area contributed by atoms with E-state index in [0.29, 0.717) is 6.42 Å². The molecule has 0 bridgehead atoms. The van der Waals surface area contributed by atoms with E-state index in [-0.39, 0.29) is 6.10 Å². The quantitative estimate of drug-likeness (QED) is 0.871. The number of rotatable bonds is 3. The summed E-state index contributed by atoms with van der Waals surface area (Å²) in [6, 6.07) is 0. The van der Waals surface area contributed by atoms with Crippen LogP contribution in [0.25, 0.3) is 0 Å². The van der Waals surface area contributed by atoms with Crippen molar-refractivity contribution in [3.63, 3.8) is 0 Å². The van der Waals surface area contributed by atoms with Crippen LogP contribution in [0.1, 0.15) is 22.1 Å². The molecule has 2 aromatic heterocycles. The minimum atomic E-state index is -0.387. The number of thiophene rings is 1. The van der Waals surface area contributed by atoms with Crippen LogP contribution in [0, 0.1) is 6.92 Å². The molecule has 0 aliphatic heterocycles. The molecule has 2 rings (SSSR count). The van der Waals surface area contributed by atoms with Crippen molar-refractivity contribution >= 4 is 22.7 Å². The van der Waals surface area contributed by atoms with Crippen LogP contribution >= 0.6 is 22.7 Å². The Bertz CT molecular complexity index is 394. The summed E-state index contributed by atoms with van der Waals surface area (Å²) >= 11 is 3.22. The molecule has 1 N–H and O–H groups in total. The third-order valence-corrected chi connectivity index (χ3v) is 3.81. The first kappa shape index (κ1) is 9.83. The average Bonchev–Trinajstić information content (AvgIpc) is 2.75. The Kier molecular flexibility index (Phi) is 2.96. The summed E-state index contributed by atoms with van der Waals surface area (Å²) in [5.41, 5.74) is 4.01. The fourth-order valence-electron chi connectivity index (χ4n) is 1.36. The zero-order chi connectivity index (χ0) is 9.97. The normalized spacial score (nSPS) is 13.0. The number of aromatic nitrogens is 1. The number of aliphatic hydroxyl groups excluding tert-OH is 1.